The lowest BCUT2D eigenvalue weighted by Crippen LogP contribution is -2.39. The van der Waals surface area contributed by atoms with Gasteiger partial charge in [0.05, 0.1) is 11.6 Å². The highest BCUT2D eigenvalue weighted by Crippen LogP contribution is 2.31. The summed E-state index contributed by atoms with van der Waals surface area (Å²) in [7, 11) is 0. The first-order valence-electron chi connectivity index (χ1n) is 8.48. The number of ether oxygens (including phenoxy) is 1. The minimum atomic E-state index is -0.759. The third kappa shape index (κ3) is 6.78. The Hall–Kier alpha value is -1.89. The summed E-state index contributed by atoms with van der Waals surface area (Å²) < 4.78 is 7.60. The number of halogens is 2. The monoisotopic (exact) mass is 398 g/mol. The van der Waals surface area contributed by atoms with Gasteiger partial charge in [0, 0.05) is 32.0 Å². The highest BCUT2D eigenvalue weighted by Gasteiger charge is 2.09. The van der Waals surface area contributed by atoms with Crippen molar-refractivity contribution >= 4 is 29.2 Å². The molecule has 0 aliphatic carbocycles. The minimum absolute atomic E-state index is 0.0757. The van der Waals surface area contributed by atoms with Crippen molar-refractivity contribution in [3.8, 4) is 5.75 Å². The van der Waals surface area contributed by atoms with Crippen molar-refractivity contribution < 1.29 is 9.84 Å². The molecular formula is C18H24Cl2N4O2. The third-order valence-electron chi connectivity index (χ3n) is 3.48. The fourth-order valence-corrected chi connectivity index (χ4v) is 2.54. The van der Waals surface area contributed by atoms with Crippen LogP contribution in [0.3, 0.4) is 0 Å². The van der Waals surface area contributed by atoms with Gasteiger partial charge < -0.3 is 25.0 Å². The Kier molecular flexibility index (Phi) is 8.61. The summed E-state index contributed by atoms with van der Waals surface area (Å²) in [6.45, 7) is 4.56. The maximum atomic E-state index is 10.1. The van der Waals surface area contributed by atoms with E-state index < -0.39 is 6.10 Å². The zero-order chi connectivity index (χ0) is 18.8. The van der Waals surface area contributed by atoms with Gasteiger partial charge in [-0.15, -0.1) is 0 Å². The summed E-state index contributed by atoms with van der Waals surface area (Å²) >= 11 is 12.0. The molecule has 1 aromatic carbocycles. The number of aromatic nitrogens is 1. The third-order valence-corrected chi connectivity index (χ3v) is 4.28. The fraction of sp³-hybridized carbons (Fsp3) is 0.389. The first-order chi connectivity index (χ1) is 12.6. The molecule has 0 saturated heterocycles. The normalized spacial score (nSPS) is 12.7. The van der Waals surface area contributed by atoms with Crippen LogP contribution in [0.1, 0.15) is 6.92 Å². The highest BCUT2D eigenvalue weighted by atomic mass is 35.5. The molecule has 0 spiro atoms. The van der Waals surface area contributed by atoms with Crippen LogP contribution in [0, 0.1) is 0 Å². The number of rotatable bonds is 9. The number of aliphatic imine (C=N–C) groups is 1. The summed E-state index contributed by atoms with van der Waals surface area (Å²) in [5.74, 6) is 1.10. The van der Waals surface area contributed by atoms with E-state index in [9.17, 15) is 5.11 Å². The van der Waals surface area contributed by atoms with E-state index in [0.717, 1.165) is 19.6 Å². The zero-order valence-corrected chi connectivity index (χ0v) is 16.2. The number of nitrogens with zero attached hydrogens (tertiary/aromatic N) is 2. The molecule has 0 amide bonds. The van der Waals surface area contributed by atoms with Crippen LogP contribution in [0.2, 0.25) is 10.0 Å². The standard InChI is InChI=1S/C18H24Cl2N4O2/c1-2-21-18(22-8-11-24-9-3-4-10-24)23-12-14(25)13-26-16-7-5-6-15(19)17(16)20/h3-7,9-10,14,25H,2,8,11-13H2,1H3,(H2,21,22,23). The van der Waals surface area contributed by atoms with Crippen LogP contribution >= 0.6 is 23.2 Å². The number of nitrogens with one attached hydrogen (secondary N) is 2. The minimum Gasteiger partial charge on any atom is -0.489 e. The Morgan fingerprint density at radius 2 is 2.00 bits per heavy atom. The molecule has 26 heavy (non-hydrogen) atoms. The number of guanidine groups is 1. The Bertz CT molecular complexity index is 693. The summed E-state index contributed by atoms with van der Waals surface area (Å²) in [6, 6.07) is 9.10. The van der Waals surface area contributed by atoms with Crippen molar-refractivity contribution in [2.75, 3.05) is 26.2 Å². The van der Waals surface area contributed by atoms with E-state index in [2.05, 4.69) is 20.2 Å². The van der Waals surface area contributed by atoms with Crippen molar-refractivity contribution in [3.05, 3.63) is 52.8 Å². The molecule has 0 fully saturated rings. The molecule has 0 aliphatic rings. The Balaban J connectivity index is 1.78. The number of benzene rings is 1. The lowest BCUT2D eigenvalue weighted by atomic mass is 10.3. The topological polar surface area (TPSA) is 70.8 Å². The second-order valence-corrected chi connectivity index (χ2v) is 6.37. The molecule has 8 heteroatoms. The Labute approximate surface area is 163 Å². The first kappa shape index (κ1) is 20.4. The molecule has 1 unspecified atom stereocenters. The molecule has 142 valence electrons. The maximum absolute atomic E-state index is 10.1. The molecule has 3 N–H and O–H groups in total. The first-order valence-corrected chi connectivity index (χ1v) is 9.23. The number of hydrogen-bond donors (Lipinski definition) is 3. The van der Waals surface area contributed by atoms with Crippen LogP contribution in [0.15, 0.2) is 47.7 Å². The van der Waals surface area contributed by atoms with Crippen LogP contribution < -0.4 is 15.4 Å². The van der Waals surface area contributed by atoms with Gasteiger partial charge in [0.25, 0.3) is 0 Å². The van der Waals surface area contributed by atoms with E-state index in [0.29, 0.717) is 21.8 Å². The smallest absolute Gasteiger partial charge is 0.191 e. The van der Waals surface area contributed by atoms with E-state index in [-0.39, 0.29) is 13.2 Å². The SMILES string of the molecule is CCNC(=NCC(O)COc1cccc(Cl)c1Cl)NCCn1cccc1. The van der Waals surface area contributed by atoms with Crippen molar-refractivity contribution in [2.24, 2.45) is 4.99 Å². The lowest BCUT2D eigenvalue weighted by molar-refractivity contribution is 0.114. The molecule has 0 bridgehead atoms. The summed E-state index contributed by atoms with van der Waals surface area (Å²) in [5, 5.41) is 17.2. The largest absolute Gasteiger partial charge is 0.489 e. The predicted octanol–water partition coefficient (Wildman–Crippen LogP) is 2.79. The van der Waals surface area contributed by atoms with E-state index in [1.165, 1.54) is 0 Å². The van der Waals surface area contributed by atoms with Gasteiger partial charge in [-0.3, -0.25) is 4.99 Å². The Morgan fingerprint density at radius 1 is 1.23 bits per heavy atom. The molecular weight excluding hydrogens is 375 g/mol. The quantitative estimate of drug-likeness (QED) is 0.448. The van der Waals surface area contributed by atoms with Crippen molar-refractivity contribution in [1.29, 1.82) is 0 Å². The lowest BCUT2D eigenvalue weighted by Gasteiger charge is -2.14. The second kappa shape index (κ2) is 11.0. The molecule has 2 rings (SSSR count). The van der Waals surface area contributed by atoms with Crippen LogP contribution in [-0.4, -0.2) is 48.0 Å². The van der Waals surface area contributed by atoms with Gasteiger partial charge in [0.15, 0.2) is 5.96 Å². The van der Waals surface area contributed by atoms with Crippen LogP contribution in [-0.2, 0) is 6.54 Å². The van der Waals surface area contributed by atoms with E-state index in [1.54, 1.807) is 18.2 Å². The zero-order valence-electron chi connectivity index (χ0n) is 14.7. The summed E-state index contributed by atoms with van der Waals surface area (Å²) in [6.07, 6.45) is 3.26. The molecule has 0 aliphatic heterocycles. The van der Waals surface area contributed by atoms with E-state index in [1.807, 2.05) is 31.5 Å². The summed E-state index contributed by atoms with van der Waals surface area (Å²) in [4.78, 5) is 4.38. The molecule has 0 saturated carbocycles. The highest BCUT2D eigenvalue weighted by molar-refractivity contribution is 6.42. The van der Waals surface area contributed by atoms with Crippen LogP contribution in [0.5, 0.6) is 5.75 Å². The number of aliphatic hydroxyl groups excluding tert-OH is 1. The molecule has 1 atom stereocenters. The van der Waals surface area contributed by atoms with Gasteiger partial charge in [-0.25, -0.2) is 0 Å². The number of aliphatic hydroxyl groups is 1. The number of hydrogen-bond acceptors (Lipinski definition) is 3. The second-order valence-electron chi connectivity index (χ2n) is 5.58. The van der Waals surface area contributed by atoms with E-state index >= 15 is 0 Å². The van der Waals surface area contributed by atoms with E-state index in [4.69, 9.17) is 27.9 Å². The van der Waals surface area contributed by atoms with Gasteiger partial charge in [-0.2, -0.15) is 0 Å². The molecule has 0 radical (unpaired) electrons. The predicted molar refractivity (Wildman–Crippen MR) is 106 cm³/mol. The van der Waals surface area contributed by atoms with Crippen molar-refractivity contribution in [1.82, 2.24) is 15.2 Å². The molecule has 1 aromatic heterocycles. The van der Waals surface area contributed by atoms with Gasteiger partial charge in [0.2, 0.25) is 0 Å². The van der Waals surface area contributed by atoms with Gasteiger partial charge in [-0.05, 0) is 31.2 Å². The molecule has 1 heterocycles. The average molecular weight is 399 g/mol. The maximum Gasteiger partial charge on any atom is 0.191 e. The average Bonchev–Trinajstić information content (AvgIpc) is 3.14. The van der Waals surface area contributed by atoms with Crippen LogP contribution in [0.25, 0.3) is 0 Å². The van der Waals surface area contributed by atoms with Crippen molar-refractivity contribution in [3.63, 3.8) is 0 Å². The van der Waals surface area contributed by atoms with Gasteiger partial charge in [0.1, 0.15) is 23.5 Å². The molecule has 2 aromatic rings. The molecule has 6 nitrogen and oxygen atoms in total. The fourth-order valence-electron chi connectivity index (χ4n) is 2.20. The van der Waals surface area contributed by atoms with Crippen molar-refractivity contribution in [2.45, 2.75) is 19.6 Å². The Morgan fingerprint density at radius 3 is 2.73 bits per heavy atom. The van der Waals surface area contributed by atoms with Gasteiger partial charge >= 0.3 is 0 Å². The van der Waals surface area contributed by atoms with Gasteiger partial charge in [-0.1, -0.05) is 29.3 Å². The van der Waals surface area contributed by atoms with Crippen LogP contribution in [0.4, 0.5) is 0 Å². The summed E-state index contributed by atoms with van der Waals surface area (Å²) in [5.41, 5.74) is 0.